The van der Waals surface area contributed by atoms with Crippen LogP contribution in [-0.4, -0.2) is 40.8 Å². The summed E-state index contributed by atoms with van der Waals surface area (Å²) in [5.41, 5.74) is 0.572. The Morgan fingerprint density at radius 3 is 2.42 bits per heavy atom. The second-order valence-corrected chi connectivity index (χ2v) is 8.24. The number of esters is 1. The van der Waals surface area contributed by atoms with Crippen molar-refractivity contribution in [2.45, 2.75) is 57.7 Å². The van der Waals surface area contributed by atoms with E-state index in [-0.39, 0.29) is 12.1 Å². The molecule has 0 aromatic carbocycles. The number of hydrogen-bond acceptors (Lipinski definition) is 4. The molecule has 132 valence electrons. The zero-order chi connectivity index (χ0) is 17.7. The molecule has 3 rings (SSSR count). The van der Waals surface area contributed by atoms with Crippen LogP contribution in [0.25, 0.3) is 0 Å². The average Bonchev–Trinajstić information content (AvgIpc) is 2.79. The number of methoxy groups -OCH3 is 1. The number of halogens is 1. The van der Waals surface area contributed by atoms with Crippen LogP contribution in [0, 0.1) is 0 Å². The Labute approximate surface area is 150 Å². The van der Waals surface area contributed by atoms with Crippen LogP contribution in [0.15, 0.2) is 10.5 Å². The number of rotatable bonds is 1. The summed E-state index contributed by atoms with van der Waals surface area (Å²) in [4.78, 5) is 26.6. The van der Waals surface area contributed by atoms with Crippen LogP contribution in [0.5, 0.6) is 0 Å². The van der Waals surface area contributed by atoms with Gasteiger partial charge in [0.25, 0.3) is 0 Å². The van der Waals surface area contributed by atoms with E-state index in [9.17, 15) is 9.59 Å². The number of aromatic nitrogens is 1. The van der Waals surface area contributed by atoms with E-state index >= 15 is 0 Å². The molecule has 7 heteroatoms. The summed E-state index contributed by atoms with van der Waals surface area (Å²) in [6.07, 6.45) is 2.50. The molecule has 1 spiro atoms. The normalized spacial score (nSPS) is 18.8. The Bertz CT molecular complexity index is 685. The molecule has 0 unspecified atom stereocenters. The predicted octanol–water partition coefficient (Wildman–Crippen LogP) is 3.67. The summed E-state index contributed by atoms with van der Waals surface area (Å²) in [7, 11) is 1.38. The molecule has 2 aliphatic rings. The molecule has 1 amide bonds. The van der Waals surface area contributed by atoms with Gasteiger partial charge in [-0.1, -0.05) is 0 Å². The maximum atomic E-state index is 12.7. The van der Waals surface area contributed by atoms with E-state index in [2.05, 4.69) is 15.9 Å². The van der Waals surface area contributed by atoms with E-state index in [0.29, 0.717) is 18.8 Å². The van der Waals surface area contributed by atoms with Crippen molar-refractivity contribution in [2.75, 3.05) is 13.7 Å². The summed E-state index contributed by atoms with van der Waals surface area (Å²) in [6, 6.07) is 1.79. The van der Waals surface area contributed by atoms with Gasteiger partial charge in [0.1, 0.15) is 11.3 Å². The second kappa shape index (κ2) is 5.79. The number of amides is 1. The lowest BCUT2D eigenvalue weighted by Gasteiger charge is -2.53. The van der Waals surface area contributed by atoms with Gasteiger partial charge >= 0.3 is 12.1 Å². The molecule has 2 heterocycles. The third kappa shape index (κ3) is 2.62. The van der Waals surface area contributed by atoms with Crippen molar-refractivity contribution in [1.29, 1.82) is 0 Å². The highest BCUT2D eigenvalue weighted by molar-refractivity contribution is 9.10. The molecule has 1 aromatic rings. The second-order valence-electron chi connectivity index (χ2n) is 7.39. The van der Waals surface area contributed by atoms with Gasteiger partial charge in [-0.25, -0.2) is 9.59 Å². The molecule has 1 saturated carbocycles. The van der Waals surface area contributed by atoms with Crippen LogP contribution < -0.4 is 0 Å². The molecule has 1 aliphatic carbocycles. The number of carbonyl (C=O) groups excluding carboxylic acids is 2. The minimum Gasteiger partial charge on any atom is -0.464 e. The van der Waals surface area contributed by atoms with Crippen molar-refractivity contribution in [1.82, 2.24) is 9.47 Å². The molecule has 0 bridgehead atoms. The highest BCUT2D eigenvalue weighted by Crippen LogP contribution is 2.51. The Morgan fingerprint density at radius 2 is 1.92 bits per heavy atom. The Balaban J connectivity index is 2.01. The highest BCUT2D eigenvalue weighted by Gasteiger charge is 2.53. The number of hydrogen-bond donors (Lipinski definition) is 0. The molecule has 1 aliphatic heterocycles. The van der Waals surface area contributed by atoms with Crippen LogP contribution in [0.4, 0.5) is 4.79 Å². The number of fused-ring (bicyclic) bond motifs is 2. The van der Waals surface area contributed by atoms with Gasteiger partial charge in [-0.2, -0.15) is 0 Å². The highest BCUT2D eigenvalue weighted by atomic mass is 79.9. The van der Waals surface area contributed by atoms with E-state index in [4.69, 9.17) is 9.47 Å². The minimum absolute atomic E-state index is 0.291. The average molecular weight is 399 g/mol. The number of nitrogens with zero attached hydrogens (tertiary/aromatic N) is 2. The molecule has 6 nitrogen and oxygen atoms in total. The largest absolute Gasteiger partial charge is 0.464 e. The molecular weight excluding hydrogens is 376 g/mol. The quantitative estimate of drug-likeness (QED) is 0.677. The van der Waals surface area contributed by atoms with Gasteiger partial charge in [-0.3, -0.25) is 4.90 Å². The van der Waals surface area contributed by atoms with Gasteiger partial charge in [0.2, 0.25) is 0 Å². The van der Waals surface area contributed by atoms with Gasteiger partial charge in [0.15, 0.2) is 0 Å². The first-order chi connectivity index (χ1) is 11.2. The summed E-state index contributed by atoms with van der Waals surface area (Å²) >= 11 is 3.58. The lowest BCUT2D eigenvalue weighted by molar-refractivity contribution is -0.0431. The van der Waals surface area contributed by atoms with Gasteiger partial charge in [0.05, 0.1) is 18.3 Å². The fraction of sp³-hybridized carbons (Fsp3) is 0.647. The predicted molar refractivity (Wildman–Crippen MR) is 91.9 cm³/mol. The lowest BCUT2D eigenvalue weighted by Crippen LogP contribution is -2.59. The standard InChI is InChI=1S/C17H23BrN2O4/c1-16(2,3)24-15(22)20-9-8-19-12(14(21)23-4)10-11(18)13(19)17(20)6-5-7-17/h10H,5-9H2,1-4H3. The number of carbonyl (C=O) groups is 2. The SMILES string of the molecule is COC(=O)c1cc(Br)c2n1CCN(C(=O)OC(C)(C)C)C21CCC1. The Hall–Kier alpha value is -1.50. The van der Waals surface area contributed by atoms with Crippen molar-refractivity contribution < 1.29 is 19.1 Å². The van der Waals surface area contributed by atoms with Crippen molar-refractivity contribution in [3.05, 3.63) is 21.9 Å². The first-order valence-electron chi connectivity index (χ1n) is 8.18. The third-order valence-electron chi connectivity index (χ3n) is 4.74. The van der Waals surface area contributed by atoms with Crippen molar-refractivity contribution >= 4 is 28.0 Å². The van der Waals surface area contributed by atoms with Crippen molar-refractivity contribution in [3.63, 3.8) is 0 Å². The molecule has 1 fully saturated rings. The summed E-state index contributed by atoms with van der Waals surface area (Å²) in [6.45, 7) is 6.68. The van der Waals surface area contributed by atoms with Gasteiger partial charge in [-0.05, 0) is 62.0 Å². The van der Waals surface area contributed by atoms with E-state index in [1.807, 2.05) is 30.2 Å². The summed E-state index contributed by atoms with van der Waals surface area (Å²) in [5.74, 6) is -0.359. The van der Waals surface area contributed by atoms with E-state index in [1.54, 1.807) is 6.07 Å². The fourth-order valence-corrected chi connectivity index (χ4v) is 4.44. The maximum Gasteiger partial charge on any atom is 0.411 e. The molecule has 0 saturated heterocycles. The zero-order valence-electron chi connectivity index (χ0n) is 14.5. The van der Waals surface area contributed by atoms with Crippen LogP contribution in [-0.2, 0) is 21.6 Å². The number of ether oxygens (including phenoxy) is 2. The van der Waals surface area contributed by atoms with Crippen LogP contribution in [0.1, 0.15) is 56.2 Å². The molecule has 0 N–H and O–H groups in total. The van der Waals surface area contributed by atoms with E-state index < -0.39 is 11.1 Å². The Kier molecular flexibility index (Phi) is 4.18. The monoisotopic (exact) mass is 398 g/mol. The molecule has 0 radical (unpaired) electrons. The van der Waals surface area contributed by atoms with Crippen LogP contribution >= 0.6 is 15.9 Å². The zero-order valence-corrected chi connectivity index (χ0v) is 16.1. The first kappa shape index (κ1) is 17.3. The van der Waals surface area contributed by atoms with Gasteiger partial charge in [-0.15, -0.1) is 0 Å². The molecule has 0 atom stereocenters. The minimum atomic E-state index is -0.532. The smallest absolute Gasteiger partial charge is 0.411 e. The van der Waals surface area contributed by atoms with Crippen molar-refractivity contribution in [3.8, 4) is 0 Å². The first-order valence-corrected chi connectivity index (χ1v) is 8.97. The van der Waals surface area contributed by atoms with E-state index in [0.717, 1.165) is 29.4 Å². The topological polar surface area (TPSA) is 60.8 Å². The van der Waals surface area contributed by atoms with Crippen molar-refractivity contribution in [2.24, 2.45) is 0 Å². The van der Waals surface area contributed by atoms with E-state index in [1.165, 1.54) is 7.11 Å². The maximum absolute atomic E-state index is 12.7. The molecular formula is C17H23BrN2O4. The molecule has 24 heavy (non-hydrogen) atoms. The fourth-order valence-electron chi connectivity index (χ4n) is 3.64. The van der Waals surface area contributed by atoms with Crippen LogP contribution in [0.2, 0.25) is 0 Å². The molecule has 1 aromatic heterocycles. The summed E-state index contributed by atoms with van der Waals surface area (Å²) in [5, 5.41) is 0. The van der Waals surface area contributed by atoms with Gasteiger partial charge in [0, 0.05) is 17.6 Å². The summed E-state index contributed by atoms with van der Waals surface area (Å²) < 4.78 is 13.3. The van der Waals surface area contributed by atoms with Crippen LogP contribution in [0.3, 0.4) is 0 Å². The Morgan fingerprint density at radius 1 is 1.25 bits per heavy atom. The third-order valence-corrected chi connectivity index (χ3v) is 5.35. The van der Waals surface area contributed by atoms with Gasteiger partial charge < -0.3 is 14.0 Å². The lowest BCUT2D eigenvalue weighted by atomic mass is 9.72.